The van der Waals surface area contributed by atoms with Gasteiger partial charge in [0.2, 0.25) is 0 Å². The minimum Gasteiger partial charge on any atom is -0.450 e. The van der Waals surface area contributed by atoms with Gasteiger partial charge in [-0.15, -0.1) is 0 Å². The molecule has 5 nitrogen and oxygen atoms in total. The maximum absolute atomic E-state index is 12.6. The Labute approximate surface area is 168 Å². The summed E-state index contributed by atoms with van der Waals surface area (Å²) in [6.07, 6.45) is 6.70. The van der Waals surface area contributed by atoms with Crippen LogP contribution >= 0.6 is 0 Å². The van der Waals surface area contributed by atoms with Crippen LogP contribution in [0, 0.1) is 5.92 Å². The molecule has 28 heavy (non-hydrogen) atoms. The predicted molar refractivity (Wildman–Crippen MR) is 114 cm³/mol. The zero-order chi connectivity index (χ0) is 20.5. The number of aromatic nitrogens is 2. The van der Waals surface area contributed by atoms with Crippen molar-refractivity contribution in [2.75, 3.05) is 0 Å². The number of rotatable bonds is 10. The summed E-state index contributed by atoms with van der Waals surface area (Å²) >= 11 is 0. The second kappa shape index (κ2) is 10.8. The fraction of sp³-hybridized carbons (Fsp3) is 0.409. The first kappa shape index (κ1) is 21.8. The monoisotopic (exact) mass is 379 g/mol. The van der Waals surface area contributed by atoms with E-state index in [4.69, 9.17) is 0 Å². The summed E-state index contributed by atoms with van der Waals surface area (Å²) in [5, 5.41) is 13.3. The maximum Gasteiger partial charge on any atom is 0.289 e. The van der Waals surface area contributed by atoms with Gasteiger partial charge >= 0.3 is 0 Å². The maximum atomic E-state index is 12.6. The lowest BCUT2D eigenvalue weighted by molar-refractivity contribution is 0.0936. The molecule has 0 aliphatic rings. The molecule has 0 saturated carbocycles. The second-order valence-electron chi connectivity index (χ2n) is 7.80. The van der Waals surface area contributed by atoms with E-state index in [9.17, 15) is 9.82 Å². The molecule has 0 spiro atoms. The quantitative estimate of drug-likeness (QED) is 0.487. The minimum atomic E-state index is -0.424. The Kier molecular flexibility index (Phi) is 8.39. The second-order valence-corrected chi connectivity index (χ2v) is 7.80. The number of hydrogen-bond donors (Lipinski definition) is 2. The van der Waals surface area contributed by atoms with Crippen molar-refractivity contribution in [2.24, 2.45) is 5.92 Å². The average Bonchev–Trinajstić information content (AvgIpc) is 2.68. The number of nitrogens with zero attached hydrogens (tertiary/aromatic N) is 2. The van der Waals surface area contributed by atoms with E-state index in [0.717, 1.165) is 17.6 Å². The highest BCUT2D eigenvalue weighted by molar-refractivity contribution is 6.50. The fourth-order valence-electron chi connectivity index (χ4n) is 3.33. The molecular formula is C22H30BN3O2. The molecule has 0 bridgehead atoms. The van der Waals surface area contributed by atoms with Gasteiger partial charge in [-0.3, -0.25) is 9.78 Å². The number of nitrogens with one attached hydrogen (secondary N) is 1. The highest BCUT2D eigenvalue weighted by atomic mass is 16.2. The van der Waals surface area contributed by atoms with Crippen molar-refractivity contribution in [2.45, 2.75) is 51.8 Å². The normalized spacial score (nSPS) is 13.0. The summed E-state index contributed by atoms with van der Waals surface area (Å²) in [6.45, 7) is 9.96. The molecule has 2 atom stereocenters. The van der Waals surface area contributed by atoms with Gasteiger partial charge in [-0.2, -0.15) is 0 Å². The molecule has 2 N–H and O–H groups in total. The molecule has 0 aliphatic carbocycles. The van der Waals surface area contributed by atoms with Crippen molar-refractivity contribution in [3.05, 3.63) is 72.3 Å². The SMILES string of the molecule is C=C(C[C@@H](CC(C)C)B(C)O)[C@H](Cc1ccccc1)NC(=O)c1cnccn1. The number of amides is 1. The molecule has 1 heterocycles. The zero-order valence-electron chi connectivity index (χ0n) is 17.0. The number of carbonyl (C=O) groups excluding carboxylic acids is 1. The van der Waals surface area contributed by atoms with Crippen LogP contribution < -0.4 is 5.32 Å². The molecule has 0 fully saturated rings. The van der Waals surface area contributed by atoms with Crippen LogP contribution in [0.25, 0.3) is 0 Å². The Morgan fingerprint density at radius 2 is 1.96 bits per heavy atom. The van der Waals surface area contributed by atoms with Crippen LogP contribution in [0.5, 0.6) is 0 Å². The predicted octanol–water partition coefficient (Wildman–Crippen LogP) is 3.79. The third-order valence-corrected chi connectivity index (χ3v) is 4.86. The van der Waals surface area contributed by atoms with Gasteiger partial charge in [0.1, 0.15) is 5.69 Å². The van der Waals surface area contributed by atoms with E-state index >= 15 is 0 Å². The Bertz CT molecular complexity index is 751. The smallest absolute Gasteiger partial charge is 0.289 e. The van der Waals surface area contributed by atoms with Crippen molar-refractivity contribution in [3.63, 3.8) is 0 Å². The molecule has 0 radical (unpaired) electrons. The van der Waals surface area contributed by atoms with E-state index in [2.05, 4.69) is 35.7 Å². The largest absolute Gasteiger partial charge is 0.450 e. The summed E-state index contributed by atoms with van der Waals surface area (Å²) in [6, 6.07) is 9.76. The molecule has 0 unspecified atom stereocenters. The molecule has 0 aliphatic heterocycles. The van der Waals surface area contributed by atoms with Crippen LogP contribution in [0.2, 0.25) is 12.6 Å². The average molecular weight is 379 g/mol. The van der Waals surface area contributed by atoms with Gasteiger partial charge in [-0.25, -0.2) is 4.98 Å². The van der Waals surface area contributed by atoms with Crippen molar-refractivity contribution in [1.82, 2.24) is 15.3 Å². The molecule has 6 heteroatoms. The van der Waals surface area contributed by atoms with Crippen molar-refractivity contribution >= 4 is 12.8 Å². The van der Waals surface area contributed by atoms with Gasteiger partial charge in [0.15, 0.2) is 0 Å². The first-order chi connectivity index (χ1) is 13.4. The number of benzene rings is 1. The van der Waals surface area contributed by atoms with E-state index in [1.165, 1.54) is 18.6 Å². The van der Waals surface area contributed by atoms with Crippen LogP contribution in [0.4, 0.5) is 0 Å². The third kappa shape index (κ3) is 6.93. The Balaban J connectivity index is 2.16. The molecule has 1 aromatic heterocycles. The standard InChI is InChI=1S/C22H30BN3O2/c1-16(2)12-19(23(4)28)13-17(3)20(14-18-8-6-5-7-9-18)26-22(27)21-15-24-10-11-25-21/h5-11,15-16,19-20,28H,3,12-14H2,1-2,4H3,(H,26,27)/t19-,20+/m1/s1. The molecular weight excluding hydrogens is 349 g/mol. The molecule has 148 valence electrons. The molecule has 2 rings (SSSR count). The molecule has 0 saturated heterocycles. The van der Waals surface area contributed by atoms with Crippen LogP contribution in [0.1, 0.15) is 42.7 Å². The number of hydrogen-bond acceptors (Lipinski definition) is 4. The Hall–Kier alpha value is -2.47. The van der Waals surface area contributed by atoms with E-state index in [1.54, 1.807) is 0 Å². The highest BCUT2D eigenvalue weighted by Crippen LogP contribution is 2.29. The first-order valence-electron chi connectivity index (χ1n) is 9.83. The lowest BCUT2D eigenvalue weighted by atomic mass is 9.54. The van der Waals surface area contributed by atoms with Gasteiger partial charge in [0.05, 0.1) is 12.2 Å². The van der Waals surface area contributed by atoms with E-state index in [-0.39, 0.29) is 23.5 Å². The fourth-order valence-corrected chi connectivity index (χ4v) is 3.33. The van der Waals surface area contributed by atoms with Crippen LogP contribution in [-0.4, -0.2) is 33.9 Å². The number of carbonyl (C=O) groups is 1. The van der Waals surface area contributed by atoms with Crippen LogP contribution in [0.15, 0.2) is 61.1 Å². The van der Waals surface area contributed by atoms with Crippen LogP contribution in [0.3, 0.4) is 0 Å². The highest BCUT2D eigenvalue weighted by Gasteiger charge is 2.25. The van der Waals surface area contributed by atoms with Crippen LogP contribution in [-0.2, 0) is 6.42 Å². The Morgan fingerprint density at radius 1 is 1.25 bits per heavy atom. The topological polar surface area (TPSA) is 75.1 Å². The van der Waals surface area contributed by atoms with Gasteiger partial charge in [-0.05, 0) is 30.1 Å². The van der Waals surface area contributed by atoms with Gasteiger partial charge < -0.3 is 10.3 Å². The third-order valence-electron chi connectivity index (χ3n) is 4.86. The summed E-state index contributed by atoms with van der Waals surface area (Å²) < 4.78 is 0. The van der Waals surface area contributed by atoms with Crippen molar-refractivity contribution in [1.29, 1.82) is 0 Å². The summed E-state index contributed by atoms with van der Waals surface area (Å²) in [7, 11) is 0. The van der Waals surface area contributed by atoms with Crippen molar-refractivity contribution < 1.29 is 9.82 Å². The van der Waals surface area contributed by atoms with Gasteiger partial charge in [0.25, 0.3) is 12.8 Å². The molecule has 1 aromatic carbocycles. The Morgan fingerprint density at radius 3 is 2.54 bits per heavy atom. The van der Waals surface area contributed by atoms with E-state index in [0.29, 0.717) is 18.8 Å². The van der Waals surface area contributed by atoms with E-state index < -0.39 is 6.92 Å². The zero-order valence-corrected chi connectivity index (χ0v) is 17.0. The summed E-state index contributed by atoms with van der Waals surface area (Å²) in [4.78, 5) is 20.7. The minimum absolute atomic E-state index is 0.110. The van der Waals surface area contributed by atoms with Crippen molar-refractivity contribution in [3.8, 4) is 0 Å². The first-order valence-corrected chi connectivity index (χ1v) is 9.83. The molecule has 2 aromatic rings. The van der Waals surface area contributed by atoms with E-state index in [1.807, 2.05) is 37.2 Å². The summed E-state index contributed by atoms with van der Waals surface area (Å²) in [5.41, 5.74) is 2.31. The lowest BCUT2D eigenvalue weighted by Crippen LogP contribution is -2.39. The van der Waals surface area contributed by atoms with Gasteiger partial charge in [0, 0.05) is 12.4 Å². The molecule has 1 amide bonds. The van der Waals surface area contributed by atoms with Gasteiger partial charge in [-0.1, -0.05) is 69.6 Å². The summed E-state index contributed by atoms with van der Waals surface area (Å²) in [5.74, 6) is 0.320. The lowest BCUT2D eigenvalue weighted by Gasteiger charge is -2.26.